The van der Waals surface area contributed by atoms with Crippen molar-refractivity contribution < 1.29 is 8.42 Å². The largest absolute Gasteiger partial charge is 0.368 e. The molecule has 0 amide bonds. The molecule has 0 spiro atoms. The fourth-order valence-electron chi connectivity index (χ4n) is 3.40. The van der Waals surface area contributed by atoms with Gasteiger partial charge in [0, 0.05) is 31.9 Å². The topological polar surface area (TPSA) is 40.6 Å². The number of piperazine rings is 1. The summed E-state index contributed by atoms with van der Waals surface area (Å²) in [5.74, 6) is 0.131. The van der Waals surface area contributed by atoms with Crippen molar-refractivity contribution in [2.24, 2.45) is 0 Å². The lowest BCUT2D eigenvalue weighted by molar-refractivity contribution is 0.595. The van der Waals surface area contributed by atoms with Gasteiger partial charge in [0.2, 0.25) is 0 Å². The standard InChI is InChI=1S/C20H26N2O2S/c1-4-25(23,24)20-11-6-5-9-19(20)22-14-12-21(13-15-22)18-10-7-8-16(2)17(18)3/h5-11H,4,12-15H2,1-3H3. The molecule has 0 N–H and O–H groups in total. The van der Waals surface area contributed by atoms with Crippen molar-refractivity contribution >= 4 is 21.2 Å². The number of sulfone groups is 1. The Morgan fingerprint density at radius 1 is 0.840 bits per heavy atom. The van der Waals surface area contributed by atoms with E-state index in [0.29, 0.717) is 4.90 Å². The molecule has 0 atom stereocenters. The quantitative estimate of drug-likeness (QED) is 0.840. The van der Waals surface area contributed by atoms with Crippen LogP contribution in [0, 0.1) is 13.8 Å². The summed E-state index contributed by atoms with van der Waals surface area (Å²) < 4.78 is 24.8. The van der Waals surface area contributed by atoms with E-state index >= 15 is 0 Å². The highest BCUT2D eigenvalue weighted by molar-refractivity contribution is 7.91. The van der Waals surface area contributed by atoms with Gasteiger partial charge in [-0.05, 0) is 43.2 Å². The zero-order valence-corrected chi connectivity index (χ0v) is 16.0. The van der Waals surface area contributed by atoms with E-state index in [1.165, 1.54) is 16.8 Å². The van der Waals surface area contributed by atoms with Crippen LogP contribution in [0.5, 0.6) is 0 Å². The molecule has 1 heterocycles. The van der Waals surface area contributed by atoms with E-state index < -0.39 is 9.84 Å². The molecular formula is C20H26N2O2S. The van der Waals surface area contributed by atoms with Gasteiger partial charge in [-0.2, -0.15) is 0 Å². The summed E-state index contributed by atoms with van der Waals surface area (Å²) in [6, 6.07) is 13.8. The smallest absolute Gasteiger partial charge is 0.180 e. The van der Waals surface area contributed by atoms with E-state index in [1.807, 2.05) is 12.1 Å². The Bertz CT molecular complexity index is 854. The molecule has 1 fully saturated rings. The number of aryl methyl sites for hydroxylation is 1. The number of nitrogens with zero attached hydrogens (tertiary/aromatic N) is 2. The van der Waals surface area contributed by atoms with Crippen molar-refractivity contribution in [3.05, 3.63) is 53.6 Å². The molecule has 0 unspecified atom stereocenters. The molecule has 0 aliphatic carbocycles. The molecule has 0 radical (unpaired) electrons. The summed E-state index contributed by atoms with van der Waals surface area (Å²) >= 11 is 0. The third kappa shape index (κ3) is 3.52. The minimum Gasteiger partial charge on any atom is -0.368 e. The minimum absolute atomic E-state index is 0.131. The summed E-state index contributed by atoms with van der Waals surface area (Å²) in [7, 11) is -3.21. The predicted octanol–water partition coefficient (Wildman–Crippen LogP) is 3.42. The van der Waals surface area contributed by atoms with E-state index in [4.69, 9.17) is 0 Å². The van der Waals surface area contributed by atoms with Gasteiger partial charge in [-0.3, -0.25) is 0 Å². The molecule has 25 heavy (non-hydrogen) atoms. The van der Waals surface area contributed by atoms with Crippen LogP contribution in [-0.4, -0.2) is 40.3 Å². The Labute approximate surface area is 151 Å². The molecule has 3 rings (SSSR count). The van der Waals surface area contributed by atoms with Crippen LogP contribution in [0.15, 0.2) is 47.4 Å². The Kier molecular flexibility index (Phi) is 5.04. The van der Waals surface area contributed by atoms with E-state index in [2.05, 4.69) is 41.8 Å². The average molecular weight is 359 g/mol. The van der Waals surface area contributed by atoms with Crippen molar-refractivity contribution in [2.45, 2.75) is 25.7 Å². The highest BCUT2D eigenvalue weighted by Crippen LogP contribution is 2.29. The van der Waals surface area contributed by atoms with Crippen LogP contribution in [0.4, 0.5) is 11.4 Å². The van der Waals surface area contributed by atoms with E-state index in [9.17, 15) is 8.42 Å². The van der Waals surface area contributed by atoms with E-state index in [-0.39, 0.29) is 5.75 Å². The first-order valence-corrected chi connectivity index (χ1v) is 10.5. The molecule has 1 aliphatic heterocycles. The second-order valence-electron chi connectivity index (χ2n) is 6.56. The predicted molar refractivity (Wildman–Crippen MR) is 105 cm³/mol. The van der Waals surface area contributed by atoms with Gasteiger partial charge < -0.3 is 9.80 Å². The SMILES string of the molecule is CCS(=O)(=O)c1ccccc1N1CCN(c2cccc(C)c2C)CC1. The number of para-hydroxylation sites is 1. The van der Waals surface area contributed by atoms with Crippen molar-refractivity contribution in [1.82, 2.24) is 0 Å². The maximum atomic E-state index is 12.4. The number of anilines is 2. The lowest BCUT2D eigenvalue weighted by Gasteiger charge is -2.38. The van der Waals surface area contributed by atoms with Gasteiger partial charge in [0.05, 0.1) is 16.3 Å². The fraction of sp³-hybridized carbons (Fsp3) is 0.400. The second-order valence-corrected chi connectivity index (χ2v) is 8.81. The number of rotatable bonds is 4. The third-order valence-electron chi connectivity index (χ3n) is 5.12. The van der Waals surface area contributed by atoms with E-state index in [0.717, 1.165) is 31.9 Å². The summed E-state index contributed by atoms with van der Waals surface area (Å²) in [6.45, 7) is 9.44. The van der Waals surface area contributed by atoms with Gasteiger partial charge in [-0.1, -0.05) is 31.2 Å². The Morgan fingerprint density at radius 3 is 2.04 bits per heavy atom. The van der Waals surface area contributed by atoms with Gasteiger partial charge in [-0.25, -0.2) is 8.42 Å². The molecule has 1 aliphatic rings. The summed E-state index contributed by atoms with van der Waals surface area (Å²) in [5.41, 5.74) is 4.75. The lowest BCUT2D eigenvalue weighted by atomic mass is 10.1. The molecule has 2 aromatic carbocycles. The van der Waals surface area contributed by atoms with Crippen LogP contribution in [0.3, 0.4) is 0 Å². The number of benzene rings is 2. The summed E-state index contributed by atoms with van der Waals surface area (Å²) in [6.07, 6.45) is 0. The fourth-order valence-corrected chi connectivity index (χ4v) is 4.52. The molecule has 5 heteroatoms. The maximum absolute atomic E-state index is 12.4. The third-order valence-corrected chi connectivity index (χ3v) is 6.89. The normalized spacial score (nSPS) is 15.5. The van der Waals surface area contributed by atoms with Crippen LogP contribution in [0.2, 0.25) is 0 Å². The highest BCUT2D eigenvalue weighted by atomic mass is 32.2. The zero-order chi connectivity index (χ0) is 18.0. The first kappa shape index (κ1) is 17.8. The van der Waals surface area contributed by atoms with Crippen LogP contribution in [0.25, 0.3) is 0 Å². The van der Waals surface area contributed by atoms with Gasteiger partial charge in [-0.15, -0.1) is 0 Å². The number of hydrogen-bond donors (Lipinski definition) is 0. The molecular weight excluding hydrogens is 332 g/mol. The van der Waals surface area contributed by atoms with Gasteiger partial charge in [0.25, 0.3) is 0 Å². The number of hydrogen-bond acceptors (Lipinski definition) is 4. The molecule has 4 nitrogen and oxygen atoms in total. The molecule has 134 valence electrons. The first-order chi connectivity index (χ1) is 11.9. The van der Waals surface area contributed by atoms with Gasteiger partial charge in [0.15, 0.2) is 9.84 Å². The molecule has 0 saturated carbocycles. The zero-order valence-electron chi connectivity index (χ0n) is 15.2. The Balaban J connectivity index is 1.81. The molecule has 2 aromatic rings. The minimum atomic E-state index is -3.21. The first-order valence-electron chi connectivity index (χ1n) is 8.82. The molecule has 0 bridgehead atoms. The van der Waals surface area contributed by atoms with Crippen LogP contribution in [-0.2, 0) is 9.84 Å². The van der Waals surface area contributed by atoms with Gasteiger partial charge >= 0.3 is 0 Å². The van der Waals surface area contributed by atoms with Crippen molar-refractivity contribution in [2.75, 3.05) is 41.7 Å². The van der Waals surface area contributed by atoms with Crippen LogP contribution < -0.4 is 9.80 Å². The maximum Gasteiger partial charge on any atom is 0.180 e. The summed E-state index contributed by atoms with van der Waals surface area (Å²) in [5, 5.41) is 0. The average Bonchev–Trinajstić information content (AvgIpc) is 2.64. The summed E-state index contributed by atoms with van der Waals surface area (Å²) in [4.78, 5) is 5.05. The van der Waals surface area contributed by atoms with Crippen molar-refractivity contribution in [1.29, 1.82) is 0 Å². The molecule has 0 aromatic heterocycles. The highest BCUT2D eigenvalue weighted by Gasteiger charge is 2.24. The van der Waals surface area contributed by atoms with Crippen molar-refractivity contribution in [3.63, 3.8) is 0 Å². The van der Waals surface area contributed by atoms with Crippen LogP contribution in [0.1, 0.15) is 18.1 Å². The lowest BCUT2D eigenvalue weighted by Crippen LogP contribution is -2.47. The Morgan fingerprint density at radius 2 is 1.40 bits per heavy atom. The van der Waals surface area contributed by atoms with Crippen molar-refractivity contribution in [3.8, 4) is 0 Å². The van der Waals surface area contributed by atoms with Crippen LogP contribution >= 0.6 is 0 Å². The second kappa shape index (κ2) is 7.08. The Hall–Kier alpha value is -2.01. The monoisotopic (exact) mass is 358 g/mol. The van der Waals surface area contributed by atoms with E-state index in [1.54, 1.807) is 19.1 Å². The molecule has 1 saturated heterocycles. The van der Waals surface area contributed by atoms with Gasteiger partial charge in [0.1, 0.15) is 0 Å².